The van der Waals surface area contributed by atoms with E-state index < -0.39 is 0 Å². The van der Waals surface area contributed by atoms with Crippen molar-refractivity contribution < 1.29 is 9.59 Å². The number of aromatic nitrogens is 2. The predicted molar refractivity (Wildman–Crippen MR) is 94.2 cm³/mol. The van der Waals surface area contributed by atoms with Crippen molar-refractivity contribution in [2.24, 2.45) is 0 Å². The number of carbonyl (C=O) groups excluding carboxylic acids is 2. The molecule has 3 aromatic rings. The summed E-state index contributed by atoms with van der Waals surface area (Å²) in [7, 11) is 0. The number of anilines is 2. The van der Waals surface area contributed by atoms with Gasteiger partial charge in [0, 0.05) is 4.90 Å². The SMILES string of the molecule is O=C(CN1C(=O)CSc2ccccc21)Nc1nc2ccccc2[nH]1. The van der Waals surface area contributed by atoms with Crippen LogP contribution >= 0.6 is 11.8 Å². The number of nitrogens with zero attached hydrogens (tertiary/aromatic N) is 2. The zero-order valence-corrected chi connectivity index (χ0v) is 13.5. The molecule has 6 nitrogen and oxygen atoms in total. The smallest absolute Gasteiger partial charge is 0.246 e. The van der Waals surface area contributed by atoms with Crippen LogP contribution in [0.25, 0.3) is 11.0 Å². The Bertz CT molecular complexity index is 904. The number of rotatable bonds is 3. The Balaban J connectivity index is 1.52. The Morgan fingerprint density at radius 3 is 2.88 bits per heavy atom. The maximum atomic E-state index is 12.3. The molecule has 0 aliphatic carbocycles. The number of carbonyl (C=O) groups is 2. The normalized spacial score (nSPS) is 13.8. The number of aromatic amines is 1. The minimum atomic E-state index is -0.288. The number of hydrogen-bond donors (Lipinski definition) is 2. The number of H-pyrrole nitrogens is 1. The van der Waals surface area contributed by atoms with Gasteiger partial charge < -0.3 is 9.88 Å². The first-order chi connectivity index (χ1) is 11.7. The van der Waals surface area contributed by atoms with Crippen LogP contribution in [0.1, 0.15) is 0 Å². The zero-order chi connectivity index (χ0) is 16.5. The molecule has 2 aromatic carbocycles. The van der Waals surface area contributed by atoms with Crippen molar-refractivity contribution in [1.29, 1.82) is 0 Å². The number of benzene rings is 2. The highest BCUT2D eigenvalue weighted by Crippen LogP contribution is 2.34. The van der Waals surface area contributed by atoms with Crippen molar-refractivity contribution in [3.8, 4) is 0 Å². The molecule has 0 fully saturated rings. The molecule has 1 aromatic heterocycles. The molecule has 0 bridgehead atoms. The maximum absolute atomic E-state index is 12.3. The number of imidazole rings is 1. The lowest BCUT2D eigenvalue weighted by molar-refractivity contribution is -0.120. The lowest BCUT2D eigenvalue weighted by atomic mass is 10.2. The Hall–Kier alpha value is -2.80. The number of para-hydroxylation sites is 3. The van der Waals surface area contributed by atoms with Crippen LogP contribution < -0.4 is 10.2 Å². The van der Waals surface area contributed by atoms with Crippen LogP contribution in [-0.2, 0) is 9.59 Å². The summed E-state index contributed by atoms with van der Waals surface area (Å²) >= 11 is 1.49. The molecule has 0 radical (unpaired) electrons. The molecule has 0 unspecified atom stereocenters. The Labute approximate surface area is 142 Å². The fourth-order valence-electron chi connectivity index (χ4n) is 2.65. The van der Waals surface area contributed by atoms with Crippen molar-refractivity contribution in [1.82, 2.24) is 9.97 Å². The van der Waals surface area contributed by atoms with E-state index in [1.807, 2.05) is 48.5 Å². The van der Waals surface area contributed by atoms with Gasteiger partial charge in [0.25, 0.3) is 0 Å². The third-order valence-electron chi connectivity index (χ3n) is 3.76. The van der Waals surface area contributed by atoms with Crippen LogP contribution in [0.2, 0.25) is 0 Å². The van der Waals surface area contributed by atoms with Crippen molar-refractivity contribution >= 4 is 46.2 Å². The van der Waals surface area contributed by atoms with Crippen LogP contribution in [0, 0.1) is 0 Å². The fourth-order valence-corrected chi connectivity index (χ4v) is 3.59. The van der Waals surface area contributed by atoms with Crippen LogP contribution in [-0.4, -0.2) is 34.1 Å². The van der Waals surface area contributed by atoms with Crippen LogP contribution in [0.15, 0.2) is 53.4 Å². The molecule has 2 amide bonds. The summed E-state index contributed by atoms with van der Waals surface area (Å²) in [5.74, 6) is 0.366. The van der Waals surface area contributed by atoms with E-state index in [4.69, 9.17) is 0 Å². The minimum Gasteiger partial charge on any atom is -0.324 e. The summed E-state index contributed by atoms with van der Waals surface area (Å²) in [6.07, 6.45) is 0. The van der Waals surface area contributed by atoms with Gasteiger partial charge >= 0.3 is 0 Å². The minimum absolute atomic E-state index is 0.0343. The second-order valence-electron chi connectivity index (χ2n) is 5.39. The van der Waals surface area contributed by atoms with Crippen molar-refractivity contribution in [2.75, 3.05) is 22.5 Å². The Kier molecular flexibility index (Phi) is 3.70. The van der Waals surface area contributed by atoms with Crippen LogP contribution in [0.3, 0.4) is 0 Å². The molecular weight excluding hydrogens is 324 g/mol. The summed E-state index contributed by atoms with van der Waals surface area (Å²) in [4.78, 5) is 34.4. The fraction of sp³-hybridized carbons (Fsp3) is 0.118. The van der Waals surface area contributed by atoms with Gasteiger partial charge in [-0.05, 0) is 24.3 Å². The first-order valence-electron chi connectivity index (χ1n) is 7.47. The lowest BCUT2D eigenvalue weighted by Crippen LogP contribution is -2.41. The summed E-state index contributed by atoms with van der Waals surface area (Å²) in [5.41, 5.74) is 2.41. The van der Waals surface area contributed by atoms with Gasteiger partial charge in [-0.3, -0.25) is 14.9 Å². The molecule has 4 rings (SSSR count). The zero-order valence-electron chi connectivity index (χ0n) is 12.7. The highest BCUT2D eigenvalue weighted by atomic mass is 32.2. The van der Waals surface area contributed by atoms with Crippen molar-refractivity contribution in [3.63, 3.8) is 0 Å². The van der Waals surface area contributed by atoms with Gasteiger partial charge in [-0.25, -0.2) is 4.98 Å². The average Bonchev–Trinajstić information content (AvgIpc) is 2.99. The largest absolute Gasteiger partial charge is 0.324 e. The summed E-state index contributed by atoms with van der Waals surface area (Å²) in [5, 5.41) is 2.72. The van der Waals surface area contributed by atoms with E-state index in [1.165, 1.54) is 16.7 Å². The Morgan fingerprint density at radius 2 is 2.00 bits per heavy atom. The molecule has 120 valence electrons. The number of thioether (sulfide) groups is 1. The quantitative estimate of drug-likeness (QED) is 0.769. The molecule has 7 heteroatoms. The van der Waals surface area contributed by atoms with E-state index in [1.54, 1.807) is 0 Å². The average molecular weight is 338 g/mol. The maximum Gasteiger partial charge on any atom is 0.246 e. The molecule has 0 saturated carbocycles. The van der Waals surface area contributed by atoms with Gasteiger partial charge in [0.15, 0.2) is 0 Å². The van der Waals surface area contributed by atoms with Crippen LogP contribution in [0.5, 0.6) is 0 Å². The summed E-state index contributed by atoms with van der Waals surface area (Å²) in [6, 6.07) is 15.1. The first-order valence-corrected chi connectivity index (χ1v) is 8.46. The molecule has 1 aliphatic rings. The molecule has 2 heterocycles. The molecule has 0 atom stereocenters. The second kappa shape index (κ2) is 6.01. The summed E-state index contributed by atoms with van der Waals surface area (Å²) in [6.45, 7) is -0.0343. The number of fused-ring (bicyclic) bond motifs is 2. The Morgan fingerprint density at radius 1 is 1.21 bits per heavy atom. The molecule has 0 spiro atoms. The highest BCUT2D eigenvalue weighted by molar-refractivity contribution is 8.00. The van der Waals surface area contributed by atoms with Gasteiger partial charge in [-0.15, -0.1) is 11.8 Å². The topological polar surface area (TPSA) is 78.1 Å². The predicted octanol–water partition coefficient (Wildman–Crippen LogP) is 2.64. The molecule has 0 saturated heterocycles. The van der Waals surface area contributed by atoms with Crippen molar-refractivity contribution in [2.45, 2.75) is 4.90 Å². The van der Waals surface area contributed by atoms with Gasteiger partial charge in [0.05, 0.1) is 22.5 Å². The molecular formula is C17H14N4O2S. The number of nitrogens with one attached hydrogen (secondary N) is 2. The number of amides is 2. The first kappa shape index (κ1) is 14.8. The summed E-state index contributed by atoms with van der Waals surface area (Å²) < 4.78 is 0. The van der Waals surface area contributed by atoms with E-state index in [0.717, 1.165) is 21.6 Å². The van der Waals surface area contributed by atoms with Gasteiger partial charge in [-0.1, -0.05) is 24.3 Å². The van der Waals surface area contributed by atoms with Gasteiger partial charge in [0.1, 0.15) is 6.54 Å². The lowest BCUT2D eigenvalue weighted by Gasteiger charge is -2.28. The standard InChI is InChI=1S/C17H14N4O2S/c22-15(20-17-18-11-5-1-2-6-12(11)19-17)9-21-13-7-3-4-8-14(13)24-10-16(21)23/h1-8H,9-10H2,(H2,18,19,20,22). The second-order valence-corrected chi connectivity index (χ2v) is 6.40. The third kappa shape index (κ3) is 2.74. The van der Waals surface area contributed by atoms with Gasteiger partial charge in [-0.2, -0.15) is 0 Å². The van der Waals surface area contributed by atoms with Crippen LogP contribution in [0.4, 0.5) is 11.6 Å². The molecule has 2 N–H and O–H groups in total. The van der Waals surface area contributed by atoms with Gasteiger partial charge in [0.2, 0.25) is 17.8 Å². The van der Waals surface area contributed by atoms with E-state index in [9.17, 15) is 9.59 Å². The molecule has 1 aliphatic heterocycles. The monoisotopic (exact) mass is 338 g/mol. The number of hydrogen-bond acceptors (Lipinski definition) is 4. The van der Waals surface area contributed by atoms with Crippen molar-refractivity contribution in [3.05, 3.63) is 48.5 Å². The van der Waals surface area contributed by atoms with E-state index in [0.29, 0.717) is 11.7 Å². The highest BCUT2D eigenvalue weighted by Gasteiger charge is 2.26. The van der Waals surface area contributed by atoms with E-state index in [2.05, 4.69) is 15.3 Å². The van der Waals surface area contributed by atoms with E-state index in [-0.39, 0.29) is 18.4 Å². The molecule has 24 heavy (non-hydrogen) atoms. The third-order valence-corrected chi connectivity index (χ3v) is 4.80. The van der Waals surface area contributed by atoms with E-state index >= 15 is 0 Å².